The lowest BCUT2D eigenvalue weighted by atomic mass is 10.1. The molecular weight excluding hydrogens is 256 g/mol. The van der Waals surface area contributed by atoms with E-state index in [-0.39, 0.29) is 0 Å². The molecule has 0 fully saturated rings. The van der Waals surface area contributed by atoms with Crippen LogP contribution in [-0.4, -0.2) is 32.1 Å². The Morgan fingerprint density at radius 2 is 1.58 bits per heavy atom. The van der Waals surface area contributed by atoms with E-state index in [2.05, 4.69) is 39.3 Å². The largest absolute Gasteiger partial charge is 0.177 e. The van der Waals surface area contributed by atoms with Crippen LogP contribution in [0.2, 0.25) is 0 Å². The Balaban J connectivity index is 1.72. The fraction of sp³-hybridized carbons (Fsp3) is 0.929. The molecule has 110 valence electrons. The summed E-state index contributed by atoms with van der Waals surface area (Å²) in [6.45, 7) is 2.27. The summed E-state index contributed by atoms with van der Waals surface area (Å²) in [5, 5.41) is 13.9. The fourth-order valence-electron chi connectivity index (χ4n) is 2.06. The van der Waals surface area contributed by atoms with Crippen LogP contribution >= 0.6 is 11.8 Å². The van der Waals surface area contributed by atoms with Gasteiger partial charge in [0.05, 0.1) is 0 Å². The number of rotatable bonds is 13. The van der Waals surface area contributed by atoms with Crippen molar-refractivity contribution in [1.29, 1.82) is 0 Å². The quantitative estimate of drug-likeness (QED) is 0.556. The molecule has 4 nitrogen and oxygen atoms in total. The van der Waals surface area contributed by atoms with Gasteiger partial charge in [-0.05, 0) is 24.3 Å². The van der Waals surface area contributed by atoms with Crippen LogP contribution in [0.1, 0.15) is 70.5 Å². The SMILES string of the molecule is CCCCCCCCCCSCCCc1nn[nH]n1. The van der Waals surface area contributed by atoms with Gasteiger partial charge < -0.3 is 0 Å². The van der Waals surface area contributed by atoms with Crippen molar-refractivity contribution < 1.29 is 0 Å². The number of hydrogen-bond donors (Lipinski definition) is 1. The summed E-state index contributed by atoms with van der Waals surface area (Å²) in [6.07, 6.45) is 13.4. The van der Waals surface area contributed by atoms with Gasteiger partial charge in [0.15, 0.2) is 5.82 Å². The first-order valence-electron chi connectivity index (χ1n) is 7.73. The van der Waals surface area contributed by atoms with Gasteiger partial charge in [-0.25, -0.2) is 0 Å². The molecule has 1 heterocycles. The molecule has 0 atom stereocenters. The van der Waals surface area contributed by atoms with E-state index in [4.69, 9.17) is 0 Å². The molecule has 0 unspecified atom stereocenters. The average Bonchev–Trinajstić information content (AvgIpc) is 2.93. The van der Waals surface area contributed by atoms with E-state index in [1.807, 2.05) is 0 Å². The highest BCUT2D eigenvalue weighted by Crippen LogP contribution is 2.12. The molecule has 0 aromatic carbocycles. The third-order valence-electron chi connectivity index (χ3n) is 3.22. The number of nitrogens with one attached hydrogen (secondary N) is 1. The van der Waals surface area contributed by atoms with Gasteiger partial charge in [-0.1, -0.05) is 57.1 Å². The van der Waals surface area contributed by atoms with Gasteiger partial charge in [-0.15, -0.1) is 10.2 Å². The number of thioether (sulfide) groups is 1. The summed E-state index contributed by atoms with van der Waals surface area (Å²) in [4.78, 5) is 0. The average molecular weight is 284 g/mol. The monoisotopic (exact) mass is 284 g/mol. The van der Waals surface area contributed by atoms with E-state index in [1.165, 1.54) is 62.9 Å². The summed E-state index contributed by atoms with van der Waals surface area (Å²) < 4.78 is 0. The molecule has 0 radical (unpaired) electrons. The van der Waals surface area contributed by atoms with Gasteiger partial charge in [-0.3, -0.25) is 0 Å². The Morgan fingerprint density at radius 1 is 0.895 bits per heavy atom. The van der Waals surface area contributed by atoms with Crippen molar-refractivity contribution in [3.63, 3.8) is 0 Å². The first kappa shape index (κ1) is 16.5. The van der Waals surface area contributed by atoms with E-state index in [9.17, 15) is 0 Å². The number of nitrogens with zero attached hydrogens (tertiary/aromatic N) is 3. The second-order valence-electron chi connectivity index (χ2n) is 5.02. The van der Waals surface area contributed by atoms with Crippen molar-refractivity contribution in [2.45, 2.75) is 71.1 Å². The third-order valence-corrected chi connectivity index (χ3v) is 4.38. The summed E-state index contributed by atoms with van der Waals surface area (Å²) in [6, 6.07) is 0. The van der Waals surface area contributed by atoms with Crippen LogP contribution in [-0.2, 0) is 6.42 Å². The second-order valence-corrected chi connectivity index (χ2v) is 6.24. The van der Waals surface area contributed by atoms with Crippen LogP contribution in [0.15, 0.2) is 0 Å². The van der Waals surface area contributed by atoms with E-state index in [0.29, 0.717) is 0 Å². The normalized spacial score (nSPS) is 11.0. The number of aromatic nitrogens is 4. The van der Waals surface area contributed by atoms with E-state index in [0.717, 1.165) is 18.7 Å². The molecule has 0 saturated heterocycles. The summed E-state index contributed by atoms with van der Waals surface area (Å²) in [5.74, 6) is 3.36. The molecule has 0 amide bonds. The Morgan fingerprint density at radius 3 is 2.26 bits per heavy atom. The van der Waals surface area contributed by atoms with Gasteiger partial charge in [0.1, 0.15) is 0 Å². The van der Waals surface area contributed by atoms with Gasteiger partial charge in [0, 0.05) is 6.42 Å². The zero-order valence-corrected chi connectivity index (χ0v) is 13.1. The summed E-state index contributed by atoms with van der Waals surface area (Å²) in [7, 11) is 0. The fourth-order valence-corrected chi connectivity index (χ4v) is 3.02. The zero-order valence-electron chi connectivity index (χ0n) is 12.2. The molecule has 1 rings (SSSR count). The van der Waals surface area contributed by atoms with Crippen LogP contribution in [0.25, 0.3) is 0 Å². The minimum Gasteiger partial charge on any atom is -0.177 e. The minimum atomic E-state index is 0.840. The maximum atomic E-state index is 3.95. The van der Waals surface area contributed by atoms with Gasteiger partial charge in [0.25, 0.3) is 0 Å². The number of aromatic amines is 1. The smallest absolute Gasteiger partial charge is 0.174 e. The van der Waals surface area contributed by atoms with Crippen LogP contribution < -0.4 is 0 Å². The Kier molecular flexibility index (Phi) is 10.8. The number of aryl methyl sites for hydroxylation is 1. The Hall–Kier alpha value is -0.580. The maximum Gasteiger partial charge on any atom is 0.174 e. The highest BCUT2D eigenvalue weighted by atomic mass is 32.2. The van der Waals surface area contributed by atoms with Crippen molar-refractivity contribution in [3.05, 3.63) is 5.82 Å². The molecule has 0 aliphatic heterocycles. The lowest BCUT2D eigenvalue weighted by Gasteiger charge is -2.02. The molecule has 5 heteroatoms. The van der Waals surface area contributed by atoms with Crippen LogP contribution in [0, 0.1) is 0 Å². The second kappa shape index (κ2) is 12.5. The van der Waals surface area contributed by atoms with Crippen LogP contribution in [0.5, 0.6) is 0 Å². The van der Waals surface area contributed by atoms with Crippen molar-refractivity contribution >= 4 is 11.8 Å². The molecule has 19 heavy (non-hydrogen) atoms. The van der Waals surface area contributed by atoms with E-state index >= 15 is 0 Å². The lowest BCUT2D eigenvalue weighted by molar-refractivity contribution is 0.586. The molecule has 0 spiro atoms. The molecular formula is C14H28N4S. The molecule has 0 saturated carbocycles. The maximum absolute atomic E-state index is 3.95. The highest BCUT2D eigenvalue weighted by Gasteiger charge is 1.98. The van der Waals surface area contributed by atoms with Crippen molar-refractivity contribution in [1.82, 2.24) is 20.6 Å². The molecule has 1 aromatic rings. The number of H-pyrrole nitrogens is 1. The van der Waals surface area contributed by atoms with Crippen molar-refractivity contribution in [2.75, 3.05) is 11.5 Å². The highest BCUT2D eigenvalue weighted by molar-refractivity contribution is 7.99. The first-order chi connectivity index (χ1) is 9.43. The van der Waals surface area contributed by atoms with Gasteiger partial charge >= 0.3 is 0 Å². The van der Waals surface area contributed by atoms with Crippen LogP contribution in [0.4, 0.5) is 0 Å². The third kappa shape index (κ3) is 9.93. The number of unbranched alkanes of at least 4 members (excludes halogenated alkanes) is 7. The molecule has 1 N–H and O–H groups in total. The van der Waals surface area contributed by atoms with E-state index < -0.39 is 0 Å². The standard InChI is InChI=1S/C14H28N4S/c1-2-3-4-5-6-7-8-9-12-19-13-10-11-14-15-17-18-16-14/h2-13H2,1H3,(H,15,16,17,18). The van der Waals surface area contributed by atoms with Gasteiger partial charge in [0.2, 0.25) is 0 Å². The lowest BCUT2D eigenvalue weighted by Crippen LogP contribution is -1.92. The van der Waals surface area contributed by atoms with Crippen LogP contribution in [0.3, 0.4) is 0 Å². The Bertz CT molecular complexity index is 277. The predicted octanol–water partition coefficient (Wildman–Crippen LogP) is 4.01. The van der Waals surface area contributed by atoms with Crippen molar-refractivity contribution in [3.8, 4) is 0 Å². The Labute approximate surface area is 121 Å². The molecule has 0 aliphatic carbocycles. The van der Waals surface area contributed by atoms with E-state index in [1.54, 1.807) is 0 Å². The summed E-state index contributed by atoms with van der Waals surface area (Å²) in [5.41, 5.74) is 0. The van der Waals surface area contributed by atoms with Crippen molar-refractivity contribution in [2.24, 2.45) is 0 Å². The minimum absolute atomic E-state index is 0.840. The summed E-state index contributed by atoms with van der Waals surface area (Å²) >= 11 is 2.06. The molecule has 0 bridgehead atoms. The molecule has 0 aliphatic rings. The molecule has 1 aromatic heterocycles. The van der Waals surface area contributed by atoms with Gasteiger partial charge in [-0.2, -0.15) is 17.0 Å². The topological polar surface area (TPSA) is 54.5 Å². The predicted molar refractivity (Wildman–Crippen MR) is 82.4 cm³/mol. The first-order valence-corrected chi connectivity index (χ1v) is 8.89. The zero-order chi connectivity index (χ0) is 13.6. The number of tetrazole rings is 1. The number of hydrogen-bond acceptors (Lipinski definition) is 4.